The van der Waals surface area contributed by atoms with E-state index in [0.29, 0.717) is 36.8 Å². The summed E-state index contributed by atoms with van der Waals surface area (Å²) in [5, 5.41) is 2.99. The molecule has 0 saturated carbocycles. The van der Waals surface area contributed by atoms with Gasteiger partial charge in [-0.25, -0.2) is 0 Å². The average molecular weight is 318 g/mol. The Morgan fingerprint density at radius 1 is 1.30 bits per heavy atom. The molecule has 1 N–H and O–H groups in total. The maximum absolute atomic E-state index is 12.2. The maximum Gasteiger partial charge on any atom is 0.251 e. The fraction of sp³-hybridized carbons (Fsp3) is 0.611. The first-order valence-corrected chi connectivity index (χ1v) is 8.62. The van der Waals surface area contributed by atoms with Crippen LogP contribution in [0.1, 0.15) is 36.5 Å². The van der Waals surface area contributed by atoms with Crippen molar-refractivity contribution in [2.75, 3.05) is 39.4 Å². The van der Waals surface area contributed by atoms with E-state index < -0.39 is 0 Å². The van der Waals surface area contributed by atoms with E-state index in [1.165, 1.54) is 25.9 Å². The molecule has 126 valence electrons. The number of carbonyl (C=O) groups excluding carboxylic acids is 1. The summed E-state index contributed by atoms with van der Waals surface area (Å²) in [6.45, 7) is 7.57. The molecule has 2 heterocycles. The molecule has 0 aromatic heterocycles. The van der Waals surface area contributed by atoms with Crippen molar-refractivity contribution < 1.29 is 14.3 Å². The summed E-state index contributed by atoms with van der Waals surface area (Å²) in [6, 6.07) is 5.35. The number of nitrogens with zero attached hydrogens (tertiary/aromatic N) is 1. The number of hydrogen-bond acceptors (Lipinski definition) is 4. The molecule has 1 atom stereocenters. The van der Waals surface area contributed by atoms with E-state index in [1.807, 2.05) is 0 Å². The molecule has 5 heteroatoms. The van der Waals surface area contributed by atoms with E-state index in [4.69, 9.17) is 9.47 Å². The van der Waals surface area contributed by atoms with Gasteiger partial charge in [0.05, 0.1) is 0 Å². The van der Waals surface area contributed by atoms with Gasteiger partial charge in [-0.1, -0.05) is 6.92 Å². The molecule has 1 amide bonds. The summed E-state index contributed by atoms with van der Waals surface area (Å²) in [6.07, 6.45) is 3.63. The first-order valence-electron chi connectivity index (χ1n) is 8.62. The second-order valence-corrected chi connectivity index (χ2v) is 6.52. The van der Waals surface area contributed by atoms with Crippen molar-refractivity contribution in [2.24, 2.45) is 5.92 Å². The summed E-state index contributed by atoms with van der Waals surface area (Å²) in [5.41, 5.74) is 0.626. The molecule has 23 heavy (non-hydrogen) atoms. The van der Waals surface area contributed by atoms with E-state index in [2.05, 4.69) is 17.1 Å². The number of benzene rings is 1. The van der Waals surface area contributed by atoms with Gasteiger partial charge in [-0.05, 0) is 56.5 Å². The van der Waals surface area contributed by atoms with E-state index in [1.54, 1.807) is 18.2 Å². The number of rotatable bonds is 5. The van der Waals surface area contributed by atoms with Crippen molar-refractivity contribution in [2.45, 2.75) is 26.2 Å². The first kappa shape index (κ1) is 16.1. The van der Waals surface area contributed by atoms with Crippen molar-refractivity contribution in [1.29, 1.82) is 0 Å². The van der Waals surface area contributed by atoms with Crippen LogP contribution in [-0.2, 0) is 0 Å². The summed E-state index contributed by atoms with van der Waals surface area (Å²) < 4.78 is 11.0. The molecule has 0 aliphatic carbocycles. The van der Waals surface area contributed by atoms with Crippen LogP contribution >= 0.6 is 0 Å². The summed E-state index contributed by atoms with van der Waals surface area (Å²) in [4.78, 5) is 14.7. The number of fused-ring (bicyclic) bond motifs is 1. The quantitative estimate of drug-likeness (QED) is 0.847. The Kier molecular flexibility index (Phi) is 5.39. The summed E-state index contributed by atoms with van der Waals surface area (Å²) in [7, 11) is 0. The smallest absolute Gasteiger partial charge is 0.251 e. The normalized spacial score (nSPS) is 21.0. The molecule has 1 aromatic carbocycles. The highest BCUT2D eigenvalue weighted by atomic mass is 16.6. The molecule has 0 spiro atoms. The highest BCUT2D eigenvalue weighted by Crippen LogP contribution is 2.30. The fourth-order valence-electron chi connectivity index (χ4n) is 3.28. The topological polar surface area (TPSA) is 50.8 Å². The Morgan fingerprint density at radius 2 is 2.13 bits per heavy atom. The van der Waals surface area contributed by atoms with E-state index in [-0.39, 0.29) is 5.91 Å². The molecule has 1 saturated heterocycles. The minimum absolute atomic E-state index is 0.0472. The number of carbonyl (C=O) groups is 1. The third kappa shape index (κ3) is 4.38. The fourth-order valence-corrected chi connectivity index (χ4v) is 3.28. The van der Waals surface area contributed by atoms with Crippen molar-refractivity contribution in [3.05, 3.63) is 23.8 Å². The Balaban J connectivity index is 1.42. The molecule has 0 radical (unpaired) electrons. The molecular formula is C18H26N2O3. The first-order chi connectivity index (χ1) is 11.2. The Hall–Kier alpha value is -1.75. The predicted octanol–water partition coefficient (Wildman–Crippen LogP) is 2.31. The van der Waals surface area contributed by atoms with E-state index >= 15 is 0 Å². The highest BCUT2D eigenvalue weighted by molar-refractivity contribution is 5.94. The van der Waals surface area contributed by atoms with Crippen LogP contribution in [0.2, 0.25) is 0 Å². The molecule has 5 nitrogen and oxygen atoms in total. The predicted molar refractivity (Wildman–Crippen MR) is 89.2 cm³/mol. The van der Waals surface area contributed by atoms with Crippen LogP contribution in [0.25, 0.3) is 0 Å². The average Bonchev–Trinajstić information content (AvgIpc) is 2.58. The Bertz CT molecular complexity index is 547. The molecule has 3 rings (SSSR count). The van der Waals surface area contributed by atoms with Gasteiger partial charge in [-0.15, -0.1) is 0 Å². The Labute approximate surface area is 137 Å². The molecule has 2 aliphatic heterocycles. The monoisotopic (exact) mass is 318 g/mol. The second-order valence-electron chi connectivity index (χ2n) is 6.52. The van der Waals surface area contributed by atoms with Crippen LogP contribution in [0.3, 0.4) is 0 Å². The third-order valence-electron chi connectivity index (χ3n) is 4.48. The van der Waals surface area contributed by atoms with Crippen LogP contribution in [0.5, 0.6) is 11.5 Å². The molecule has 2 aliphatic rings. The van der Waals surface area contributed by atoms with Gasteiger partial charge in [0.1, 0.15) is 13.2 Å². The van der Waals surface area contributed by atoms with Crippen LogP contribution in [-0.4, -0.2) is 50.2 Å². The largest absolute Gasteiger partial charge is 0.486 e. The van der Waals surface area contributed by atoms with Gasteiger partial charge < -0.3 is 19.7 Å². The number of ether oxygens (including phenoxy) is 2. The van der Waals surface area contributed by atoms with E-state index in [9.17, 15) is 4.79 Å². The molecule has 1 aromatic rings. The third-order valence-corrected chi connectivity index (χ3v) is 4.48. The summed E-state index contributed by atoms with van der Waals surface area (Å²) in [5.74, 6) is 2.13. The van der Waals surface area contributed by atoms with Crippen LogP contribution in [0, 0.1) is 5.92 Å². The molecule has 0 bridgehead atoms. The van der Waals surface area contributed by atoms with Gasteiger partial charge in [-0.3, -0.25) is 4.79 Å². The van der Waals surface area contributed by atoms with Crippen molar-refractivity contribution in [3.63, 3.8) is 0 Å². The number of likely N-dealkylation sites (tertiary alicyclic amines) is 1. The van der Waals surface area contributed by atoms with Crippen molar-refractivity contribution in [3.8, 4) is 11.5 Å². The molecule has 1 fully saturated rings. The lowest BCUT2D eigenvalue weighted by atomic mass is 10.0. The number of piperidine rings is 1. The van der Waals surface area contributed by atoms with Crippen LogP contribution in [0.4, 0.5) is 0 Å². The number of hydrogen-bond donors (Lipinski definition) is 1. The highest BCUT2D eigenvalue weighted by Gasteiger charge is 2.16. The minimum Gasteiger partial charge on any atom is -0.486 e. The lowest BCUT2D eigenvalue weighted by Gasteiger charge is -2.30. The Morgan fingerprint density at radius 3 is 2.96 bits per heavy atom. The SMILES string of the molecule is C[C@@H]1CCCN(CCCNC(=O)c2ccc3c(c2)OCCO3)C1. The lowest BCUT2D eigenvalue weighted by molar-refractivity contribution is 0.0949. The van der Waals surface area contributed by atoms with Crippen molar-refractivity contribution >= 4 is 5.91 Å². The number of nitrogens with one attached hydrogen (secondary N) is 1. The molecule has 0 unspecified atom stereocenters. The van der Waals surface area contributed by atoms with Crippen LogP contribution in [0.15, 0.2) is 18.2 Å². The summed E-state index contributed by atoms with van der Waals surface area (Å²) >= 11 is 0. The van der Waals surface area contributed by atoms with Crippen molar-refractivity contribution in [1.82, 2.24) is 10.2 Å². The zero-order valence-electron chi connectivity index (χ0n) is 13.8. The van der Waals surface area contributed by atoms with Gasteiger partial charge in [-0.2, -0.15) is 0 Å². The molecular weight excluding hydrogens is 292 g/mol. The zero-order valence-corrected chi connectivity index (χ0v) is 13.8. The van der Waals surface area contributed by atoms with Gasteiger partial charge in [0.25, 0.3) is 5.91 Å². The van der Waals surface area contributed by atoms with Gasteiger partial charge in [0.2, 0.25) is 0 Å². The minimum atomic E-state index is -0.0472. The zero-order chi connectivity index (χ0) is 16.1. The van der Waals surface area contributed by atoms with Gasteiger partial charge in [0.15, 0.2) is 11.5 Å². The van der Waals surface area contributed by atoms with Crippen LogP contribution < -0.4 is 14.8 Å². The maximum atomic E-state index is 12.2. The van der Waals surface area contributed by atoms with E-state index in [0.717, 1.165) is 18.9 Å². The lowest BCUT2D eigenvalue weighted by Crippen LogP contribution is -2.36. The van der Waals surface area contributed by atoms with Gasteiger partial charge >= 0.3 is 0 Å². The second kappa shape index (κ2) is 7.68. The standard InChI is InChI=1S/C18H26N2O3/c1-14-4-2-8-20(13-14)9-3-7-19-18(21)15-5-6-16-17(12-15)23-11-10-22-16/h5-6,12,14H,2-4,7-11,13H2,1H3,(H,19,21)/t14-/m1/s1. The number of amides is 1. The van der Waals surface area contributed by atoms with Gasteiger partial charge in [0, 0.05) is 18.7 Å².